The molecule has 0 aromatic carbocycles. The number of likely N-dealkylation sites (N-methyl/N-ethyl adjacent to an activating group) is 3. The number of cyclic esters (lactones) is 2. The van der Waals surface area contributed by atoms with E-state index in [0.717, 1.165) is 39.4 Å². The molecule has 37 heteroatoms. The van der Waals surface area contributed by atoms with Crippen LogP contribution in [0.5, 0.6) is 0 Å². The maximum atomic E-state index is 14.5. The van der Waals surface area contributed by atoms with Gasteiger partial charge in [-0.05, 0) is 199 Å². The van der Waals surface area contributed by atoms with Crippen LogP contribution < -0.4 is 21.7 Å². The Labute approximate surface area is 782 Å². The molecule has 6 saturated heterocycles. The molecule has 0 unspecified atom stereocenters. The molecule has 37 nitrogen and oxygen atoms in total. The number of rotatable bonds is 29. The van der Waals surface area contributed by atoms with Crippen LogP contribution in [-0.4, -0.2) is 391 Å². The van der Waals surface area contributed by atoms with Crippen LogP contribution >= 0.6 is 0 Å². The molecular weight excluding hydrogens is 1710 g/mol. The summed E-state index contributed by atoms with van der Waals surface area (Å²) in [6.07, 6.45) is -15.2. The largest absolute Gasteiger partial charge is 0.459 e. The number of carbonyl (C=O) groups excluding carboxylic acids is 7. The van der Waals surface area contributed by atoms with Gasteiger partial charge in [-0.15, -0.1) is 0 Å². The Balaban J connectivity index is 0.000000624. The molecule has 0 bridgehead atoms. The molecule has 766 valence electrons. The summed E-state index contributed by atoms with van der Waals surface area (Å²) in [7, 11) is 22.7. The fraction of sp³-hybridized carbons (Fsp3) is 0.904. The number of ether oxygens (including phenoxy) is 16. The molecule has 6 aliphatic rings. The van der Waals surface area contributed by atoms with Crippen molar-refractivity contribution in [2.24, 2.45) is 47.2 Å². The molecule has 131 heavy (non-hydrogen) atoms. The summed E-state index contributed by atoms with van der Waals surface area (Å²) < 4.78 is 102. The number of nitrogens with zero attached hydrogens (tertiary/aromatic N) is 4. The first kappa shape index (κ1) is 120. The maximum absolute atomic E-state index is 14.5. The van der Waals surface area contributed by atoms with E-state index in [0.29, 0.717) is 19.4 Å². The molecular formula is C94H176N8O29. The van der Waals surface area contributed by atoms with Crippen molar-refractivity contribution in [3.05, 3.63) is 12.7 Å². The predicted molar refractivity (Wildman–Crippen MR) is 491 cm³/mol. The molecule has 0 spiro atoms. The molecule has 36 atom stereocenters. The quantitative estimate of drug-likeness (QED) is 0.0211. The molecule has 11 N–H and O–H groups in total. The van der Waals surface area contributed by atoms with Crippen molar-refractivity contribution in [3.8, 4) is 0 Å². The Bertz CT molecular complexity index is 3460. The Hall–Kier alpha value is -4.73. The number of nitrogens with two attached hydrogens (primary N) is 1. The van der Waals surface area contributed by atoms with Gasteiger partial charge in [0.15, 0.2) is 37.4 Å². The van der Waals surface area contributed by atoms with E-state index < -0.39 is 227 Å². The predicted octanol–water partition coefficient (Wildman–Crippen LogP) is 4.66. The molecule has 6 aliphatic heterocycles. The summed E-state index contributed by atoms with van der Waals surface area (Å²) in [5, 5.41) is 74.0. The van der Waals surface area contributed by atoms with Crippen molar-refractivity contribution in [2.45, 2.75) is 384 Å². The SMILES string of the molecule is C=CC(=O)O[C@H]1[C@H](C)O[C@@H](O[C@H]2[C@H](C)[C@@H](O[C@@H]3O[C@H](C)C[C@H](N(C)C)[C@H]3CC(C)=O)[C@](C)(OC)C[C@@H](C)C(=O)N[C@H](C)[C@@H](O)[C@](C)(O)[C@@H](CC)OC(=O)[C@@H]2C)C[C@@]1(C)OC.CC[C@H]1OC(=O)[C@H](C)[C@@H](O[C@H]2C[C@@](C)(OC)[C@@H](OC(=O)CCNCCN(C)C)[C@H](C)O2)[C@H](C)[C@@H](O[C@@H]2O[C@H](C)C[C@H](N(C)C)[C@H]2O)[C@](C)(OC)C[C@@H](C)C(=O)N[C@H](C)[C@@H](O)[C@]1(C)O.CN(C)CCN.CO. The van der Waals surface area contributed by atoms with E-state index in [2.05, 4.69) is 32.3 Å². The first-order valence-corrected chi connectivity index (χ1v) is 46.8. The lowest BCUT2D eigenvalue weighted by Crippen LogP contribution is -2.61. The number of hydrogen-bond donors (Lipinski definition) is 10. The Morgan fingerprint density at radius 1 is 0.534 bits per heavy atom. The minimum absolute atomic E-state index is 0.0365. The van der Waals surface area contributed by atoms with E-state index in [1.165, 1.54) is 49.2 Å². The van der Waals surface area contributed by atoms with Crippen LogP contribution in [0.15, 0.2) is 12.7 Å². The van der Waals surface area contributed by atoms with Gasteiger partial charge in [0.1, 0.15) is 58.7 Å². The summed E-state index contributed by atoms with van der Waals surface area (Å²) in [5.74, 6) is -8.89. The third kappa shape index (κ3) is 33.0. The molecule has 6 fully saturated rings. The van der Waals surface area contributed by atoms with Gasteiger partial charge in [0.25, 0.3) is 0 Å². The monoisotopic (exact) mass is 1880 g/mol. The van der Waals surface area contributed by atoms with Gasteiger partial charge in [-0.3, -0.25) is 24.0 Å². The van der Waals surface area contributed by atoms with Crippen LogP contribution in [0.3, 0.4) is 0 Å². The van der Waals surface area contributed by atoms with E-state index >= 15 is 0 Å². The fourth-order valence-corrected chi connectivity index (χ4v) is 19.2. The molecule has 0 aliphatic carbocycles. The standard InChI is InChI=1S/C45H84N4O14.C44H76N2O14.C4H12N2.CH4O/c1-17-32-45(10,55)37(52)29(6)47-40(53)25(2)23-43(8,56-15)38(63-42-35(51)31(49(13)14)22-26(3)58-42)27(4)36(28(5)41(54)60-32)62-34-24-44(9,57-16)39(30(7)59-34)61-33(50)18-19-46-20-21-48(11)12;1-17-32-44(12,52)36(49)28(8)45-39(50)23(3)21-42(10,53-15)37(60-41-30(19-24(4)47)31(46(13)14)20-25(5)55-41)26(6)35(27(7)40(51)57-32)59-34-22-43(11,54-16)38(29(9)56-34)58-33(48)18-2;1-6(2)4-3-5;1-2/h25-32,34-39,42,46,51-52,55H,17-24H2,1-16H3,(H,47,53);18,23,25-32,34-38,41,49,52H,2,17,19-22H2,1,3-16H3,(H,45,50);3-5H2,1-2H3;2H,1H3/t25-,26-,27+,28-,29-,30+,31+,32-,34+,35-,36+,37-,38-,39+,42+,43-,44-,45-;23-,25-,26+,27-,28-,29+,30-,31+,32-,34+,35+,36-,37-,38+,41+,42-,43-,44-;;/m11../s1. The highest BCUT2D eigenvalue weighted by Crippen LogP contribution is 2.46. The highest BCUT2D eigenvalue weighted by molar-refractivity contribution is 5.81. The number of amides is 2. The molecule has 0 radical (unpaired) electrons. The van der Waals surface area contributed by atoms with Gasteiger partial charge in [-0.25, -0.2) is 4.79 Å². The first-order chi connectivity index (χ1) is 60.8. The number of esters is 4. The smallest absolute Gasteiger partial charge is 0.330 e. The van der Waals surface area contributed by atoms with Crippen LogP contribution in [-0.2, 0) is 109 Å². The summed E-state index contributed by atoms with van der Waals surface area (Å²) in [6, 6.07) is -2.28. The third-order valence-electron chi connectivity index (χ3n) is 27.4. The molecule has 6 rings (SSSR count). The summed E-state index contributed by atoms with van der Waals surface area (Å²) >= 11 is 0. The Kier molecular flexibility index (Phi) is 49.6. The van der Waals surface area contributed by atoms with Crippen molar-refractivity contribution in [1.82, 2.24) is 35.6 Å². The van der Waals surface area contributed by atoms with Crippen LogP contribution in [0.2, 0.25) is 0 Å². The Morgan fingerprint density at radius 3 is 1.26 bits per heavy atom. The van der Waals surface area contributed by atoms with Crippen molar-refractivity contribution in [2.75, 3.05) is 125 Å². The molecule has 0 aromatic rings. The minimum atomic E-state index is -1.97. The topological polar surface area (TPSA) is 464 Å². The second-order valence-corrected chi connectivity index (χ2v) is 39.5. The van der Waals surface area contributed by atoms with Crippen molar-refractivity contribution in [1.29, 1.82) is 0 Å². The van der Waals surface area contributed by atoms with Crippen molar-refractivity contribution >= 4 is 41.5 Å². The van der Waals surface area contributed by atoms with E-state index in [1.807, 2.05) is 108 Å². The highest BCUT2D eigenvalue weighted by Gasteiger charge is 2.58. The van der Waals surface area contributed by atoms with Crippen LogP contribution in [0.25, 0.3) is 0 Å². The molecule has 0 saturated carbocycles. The minimum Gasteiger partial charge on any atom is -0.459 e. The number of nitrogens with one attached hydrogen (secondary N) is 3. The Morgan fingerprint density at radius 2 is 0.908 bits per heavy atom. The van der Waals surface area contributed by atoms with E-state index in [1.54, 1.807) is 83.1 Å². The first-order valence-electron chi connectivity index (χ1n) is 46.8. The second kappa shape index (κ2) is 54.0. The number of aliphatic hydroxyl groups excluding tert-OH is 4. The van der Waals surface area contributed by atoms with E-state index in [4.69, 9.17) is 86.6 Å². The van der Waals surface area contributed by atoms with Gasteiger partial charge >= 0.3 is 23.9 Å². The summed E-state index contributed by atoms with van der Waals surface area (Å²) in [6.45, 7) is 43.1. The van der Waals surface area contributed by atoms with Crippen molar-refractivity contribution < 1.29 is 140 Å². The molecule has 6 heterocycles. The zero-order valence-electron chi connectivity index (χ0n) is 85.7. The van der Waals surface area contributed by atoms with Gasteiger partial charge in [0, 0.05) is 135 Å². The lowest BCUT2D eigenvalue weighted by atomic mass is 9.77. The maximum Gasteiger partial charge on any atom is 0.330 e. The highest BCUT2D eigenvalue weighted by atomic mass is 16.7. The van der Waals surface area contributed by atoms with Crippen LogP contribution in [0.4, 0.5) is 0 Å². The number of Topliss-reactive ketones (excluding diaryl/α,β-unsaturated/α-hetero) is 1. The lowest BCUT2D eigenvalue weighted by molar-refractivity contribution is -0.320. The van der Waals surface area contributed by atoms with Gasteiger partial charge < -0.3 is 153 Å². The normalized spacial score (nSPS) is 41.1. The molecule has 0 aromatic heterocycles. The lowest BCUT2D eigenvalue weighted by Gasteiger charge is -2.50. The zero-order valence-corrected chi connectivity index (χ0v) is 85.7. The summed E-state index contributed by atoms with van der Waals surface area (Å²) in [4.78, 5) is 103. The average molecular weight is 1880 g/mol. The van der Waals surface area contributed by atoms with Crippen LogP contribution in [0.1, 0.15) is 210 Å². The van der Waals surface area contributed by atoms with E-state index in [9.17, 15) is 59.1 Å². The fourth-order valence-electron chi connectivity index (χ4n) is 19.2. The molecule has 2 amide bonds. The second-order valence-electron chi connectivity index (χ2n) is 39.5. The number of carbonyl (C=O) groups is 7. The summed E-state index contributed by atoms with van der Waals surface area (Å²) in [5.41, 5.74) is -3.50. The van der Waals surface area contributed by atoms with Gasteiger partial charge in [0.2, 0.25) is 11.8 Å². The number of aliphatic hydroxyl groups is 6. The average Bonchev–Trinajstić information content (AvgIpc) is 1.32. The van der Waals surface area contributed by atoms with E-state index in [-0.39, 0.29) is 81.4 Å². The number of methoxy groups -OCH3 is 4. The number of ketones is 1. The van der Waals surface area contributed by atoms with Gasteiger partial charge in [0.05, 0.1) is 90.4 Å². The van der Waals surface area contributed by atoms with Crippen molar-refractivity contribution in [3.63, 3.8) is 0 Å². The van der Waals surface area contributed by atoms with Crippen LogP contribution in [0, 0.1) is 41.4 Å². The van der Waals surface area contributed by atoms with Gasteiger partial charge in [-0.2, -0.15) is 0 Å². The number of hydrogen-bond acceptors (Lipinski definition) is 35. The zero-order chi connectivity index (χ0) is 100. The third-order valence-corrected chi connectivity index (χ3v) is 27.4. The van der Waals surface area contributed by atoms with Gasteiger partial charge in [-0.1, -0.05) is 48.1 Å².